The van der Waals surface area contributed by atoms with Crippen LogP contribution < -0.4 is 5.32 Å². The lowest BCUT2D eigenvalue weighted by molar-refractivity contribution is 0.432. The second-order valence-corrected chi connectivity index (χ2v) is 6.77. The highest BCUT2D eigenvalue weighted by Crippen LogP contribution is 2.36. The highest BCUT2D eigenvalue weighted by Gasteiger charge is 2.27. The van der Waals surface area contributed by atoms with Crippen LogP contribution in [-0.4, -0.2) is 6.54 Å². The van der Waals surface area contributed by atoms with Crippen molar-refractivity contribution in [3.05, 3.63) is 21.4 Å². The Labute approximate surface area is 103 Å². The molecule has 2 unspecified atom stereocenters. The van der Waals surface area contributed by atoms with Crippen molar-refractivity contribution in [1.29, 1.82) is 0 Å². The van der Waals surface area contributed by atoms with Crippen LogP contribution in [0.4, 0.5) is 0 Å². The molecule has 1 fully saturated rings. The lowest BCUT2D eigenvalue weighted by Crippen LogP contribution is -2.25. The minimum Gasteiger partial charge on any atom is -0.310 e. The molecule has 1 aromatic heterocycles. The van der Waals surface area contributed by atoms with Gasteiger partial charge in [0.05, 0.1) is 0 Å². The highest BCUT2D eigenvalue weighted by atomic mass is 32.1. The molecule has 1 nitrogen and oxygen atoms in total. The van der Waals surface area contributed by atoms with E-state index < -0.39 is 0 Å². The maximum Gasteiger partial charge on any atom is 0.0302 e. The number of nitrogens with one attached hydrogen (secondary N) is 1. The van der Waals surface area contributed by atoms with E-state index in [0.717, 1.165) is 11.8 Å². The smallest absolute Gasteiger partial charge is 0.0302 e. The fourth-order valence-corrected chi connectivity index (χ4v) is 3.41. The van der Waals surface area contributed by atoms with Gasteiger partial charge >= 0.3 is 0 Å². The summed E-state index contributed by atoms with van der Waals surface area (Å²) in [4.78, 5) is 2.90. The Hall–Kier alpha value is -0.340. The number of rotatable bonds is 5. The minimum atomic E-state index is 0.506. The molecule has 0 bridgehead atoms. The van der Waals surface area contributed by atoms with Crippen molar-refractivity contribution >= 4 is 11.3 Å². The van der Waals surface area contributed by atoms with Crippen LogP contribution in [-0.2, 0) is 0 Å². The summed E-state index contributed by atoms with van der Waals surface area (Å²) in [5.74, 6) is 1.85. The third-order valence-electron chi connectivity index (χ3n) is 3.72. The topological polar surface area (TPSA) is 12.0 Å². The number of aryl methyl sites for hydroxylation is 2. The molecule has 1 saturated carbocycles. The van der Waals surface area contributed by atoms with Gasteiger partial charge in [-0.15, -0.1) is 11.3 Å². The third-order valence-corrected chi connectivity index (χ3v) is 4.70. The first-order chi connectivity index (χ1) is 7.58. The monoisotopic (exact) mass is 237 g/mol. The lowest BCUT2D eigenvalue weighted by Gasteiger charge is -2.17. The maximum absolute atomic E-state index is 3.68. The second kappa shape index (κ2) is 4.89. The van der Waals surface area contributed by atoms with Gasteiger partial charge in [0, 0.05) is 15.8 Å². The van der Waals surface area contributed by atoms with Crippen LogP contribution in [0.2, 0.25) is 0 Å². The summed E-state index contributed by atoms with van der Waals surface area (Å²) in [6.45, 7) is 10.3. The van der Waals surface area contributed by atoms with Gasteiger partial charge in [-0.25, -0.2) is 0 Å². The summed E-state index contributed by atoms with van der Waals surface area (Å²) < 4.78 is 0. The molecule has 1 aliphatic carbocycles. The Kier molecular flexibility index (Phi) is 3.70. The van der Waals surface area contributed by atoms with Gasteiger partial charge in [0.15, 0.2) is 0 Å². The Morgan fingerprint density at radius 3 is 2.56 bits per heavy atom. The quantitative estimate of drug-likeness (QED) is 0.814. The van der Waals surface area contributed by atoms with Crippen molar-refractivity contribution in [2.45, 2.75) is 46.6 Å². The van der Waals surface area contributed by atoms with Gasteiger partial charge in [-0.05, 0) is 63.6 Å². The standard InChI is InChI=1S/C14H23NS/c1-9(13-5-6-13)8-15-11(3)14-7-10(2)16-12(14)4/h7,9,11,13,15H,5-6,8H2,1-4H3. The van der Waals surface area contributed by atoms with E-state index in [9.17, 15) is 0 Å². The molecule has 1 heterocycles. The molecule has 0 aromatic carbocycles. The molecule has 0 amide bonds. The van der Waals surface area contributed by atoms with Crippen LogP contribution in [0.1, 0.15) is 48.0 Å². The van der Waals surface area contributed by atoms with Crippen molar-refractivity contribution in [1.82, 2.24) is 5.32 Å². The summed E-state index contributed by atoms with van der Waals surface area (Å²) in [6, 6.07) is 2.84. The van der Waals surface area contributed by atoms with Crippen molar-refractivity contribution in [3.63, 3.8) is 0 Å². The zero-order valence-corrected chi connectivity index (χ0v) is 11.7. The average molecular weight is 237 g/mol. The van der Waals surface area contributed by atoms with Crippen molar-refractivity contribution < 1.29 is 0 Å². The molecule has 2 atom stereocenters. The predicted molar refractivity (Wildman–Crippen MR) is 72.1 cm³/mol. The van der Waals surface area contributed by atoms with Crippen LogP contribution in [0.15, 0.2) is 6.07 Å². The summed E-state index contributed by atoms with van der Waals surface area (Å²) in [6.07, 6.45) is 2.90. The summed E-state index contributed by atoms with van der Waals surface area (Å²) in [7, 11) is 0. The molecule has 90 valence electrons. The van der Waals surface area contributed by atoms with E-state index in [0.29, 0.717) is 6.04 Å². The van der Waals surface area contributed by atoms with E-state index >= 15 is 0 Å². The largest absolute Gasteiger partial charge is 0.310 e. The molecular weight excluding hydrogens is 214 g/mol. The number of thiophene rings is 1. The fourth-order valence-electron chi connectivity index (χ4n) is 2.38. The van der Waals surface area contributed by atoms with E-state index in [-0.39, 0.29) is 0 Å². The molecule has 0 saturated heterocycles. The molecule has 1 aliphatic rings. The summed E-state index contributed by atoms with van der Waals surface area (Å²) in [5, 5.41) is 3.68. The Morgan fingerprint density at radius 2 is 2.06 bits per heavy atom. The van der Waals surface area contributed by atoms with Gasteiger partial charge in [-0.1, -0.05) is 6.92 Å². The van der Waals surface area contributed by atoms with Crippen molar-refractivity contribution in [2.24, 2.45) is 11.8 Å². The fraction of sp³-hybridized carbons (Fsp3) is 0.714. The molecule has 0 radical (unpaired) electrons. The molecule has 2 rings (SSSR count). The van der Waals surface area contributed by atoms with E-state index in [2.05, 4.69) is 39.1 Å². The van der Waals surface area contributed by atoms with Gasteiger partial charge < -0.3 is 5.32 Å². The van der Waals surface area contributed by atoms with E-state index in [1.165, 1.54) is 34.7 Å². The number of hydrogen-bond acceptors (Lipinski definition) is 2. The van der Waals surface area contributed by atoms with Crippen LogP contribution in [0.3, 0.4) is 0 Å². The average Bonchev–Trinajstić information content (AvgIpc) is 3.01. The van der Waals surface area contributed by atoms with Gasteiger partial charge in [0.25, 0.3) is 0 Å². The Morgan fingerprint density at radius 1 is 1.38 bits per heavy atom. The third kappa shape index (κ3) is 2.86. The highest BCUT2D eigenvalue weighted by molar-refractivity contribution is 7.12. The summed E-state index contributed by atoms with van der Waals surface area (Å²) in [5.41, 5.74) is 1.49. The van der Waals surface area contributed by atoms with Crippen molar-refractivity contribution in [2.75, 3.05) is 6.54 Å². The lowest BCUT2D eigenvalue weighted by atomic mass is 10.0. The normalized spacial score (nSPS) is 19.8. The number of hydrogen-bond donors (Lipinski definition) is 1. The molecular formula is C14H23NS. The zero-order chi connectivity index (χ0) is 11.7. The summed E-state index contributed by atoms with van der Waals surface area (Å²) >= 11 is 1.91. The van der Waals surface area contributed by atoms with Gasteiger partial charge in [0.2, 0.25) is 0 Å². The first-order valence-electron chi connectivity index (χ1n) is 6.38. The second-order valence-electron chi connectivity index (χ2n) is 5.31. The van der Waals surface area contributed by atoms with Gasteiger partial charge in [-0.3, -0.25) is 0 Å². The van der Waals surface area contributed by atoms with E-state index in [1.54, 1.807) is 0 Å². The minimum absolute atomic E-state index is 0.506. The van der Waals surface area contributed by atoms with Gasteiger partial charge in [-0.2, -0.15) is 0 Å². The molecule has 0 aliphatic heterocycles. The molecule has 0 spiro atoms. The van der Waals surface area contributed by atoms with Crippen LogP contribution >= 0.6 is 11.3 Å². The Bertz CT molecular complexity index is 352. The molecule has 16 heavy (non-hydrogen) atoms. The van der Waals surface area contributed by atoms with Crippen LogP contribution in [0.5, 0.6) is 0 Å². The predicted octanol–water partition coefficient (Wildman–Crippen LogP) is 4.06. The molecule has 1 N–H and O–H groups in total. The van der Waals surface area contributed by atoms with E-state index in [4.69, 9.17) is 0 Å². The van der Waals surface area contributed by atoms with Crippen molar-refractivity contribution in [3.8, 4) is 0 Å². The van der Waals surface area contributed by atoms with Crippen LogP contribution in [0.25, 0.3) is 0 Å². The van der Waals surface area contributed by atoms with Gasteiger partial charge in [0.1, 0.15) is 0 Å². The molecule has 1 aromatic rings. The zero-order valence-electron chi connectivity index (χ0n) is 10.8. The molecule has 2 heteroatoms. The maximum atomic E-state index is 3.68. The first kappa shape index (κ1) is 12.1. The van der Waals surface area contributed by atoms with Crippen LogP contribution in [0, 0.1) is 25.7 Å². The SMILES string of the molecule is Cc1cc(C(C)NCC(C)C2CC2)c(C)s1. The first-order valence-corrected chi connectivity index (χ1v) is 7.20. The van der Waals surface area contributed by atoms with E-state index in [1.807, 2.05) is 11.3 Å². The Balaban J connectivity index is 1.87.